The van der Waals surface area contributed by atoms with Gasteiger partial charge in [0.25, 0.3) is 0 Å². The Balaban J connectivity index is 1.53. The number of rotatable bonds is 6. The maximum absolute atomic E-state index is 11.9. The van der Waals surface area contributed by atoms with E-state index in [2.05, 4.69) is 19.4 Å². The van der Waals surface area contributed by atoms with E-state index in [1.165, 1.54) is 19.3 Å². The molecule has 1 unspecified atom stereocenters. The zero-order chi connectivity index (χ0) is 22.9. The third-order valence-corrected chi connectivity index (χ3v) is 7.19. The molecule has 1 aromatic carbocycles. The Morgan fingerprint density at radius 2 is 2.00 bits per heavy atom. The van der Waals surface area contributed by atoms with Crippen molar-refractivity contribution >= 4 is 28.4 Å². The van der Waals surface area contributed by atoms with Crippen LogP contribution in [0.5, 0.6) is 0 Å². The Bertz CT molecular complexity index is 1170. The lowest BCUT2D eigenvalue weighted by atomic mass is 9.95. The molecule has 1 saturated carbocycles. The SMILES string of the molecule is Nc1nc(N2CCC(CCO)C2)cc(-c2ccc3c(c2)ncn3C2CCCCC2)c1[N+](=O)[O-]. The van der Waals surface area contributed by atoms with Crippen LogP contribution in [-0.4, -0.2) is 44.3 Å². The number of hydrogen-bond acceptors (Lipinski definition) is 7. The van der Waals surface area contributed by atoms with Crippen LogP contribution in [0.15, 0.2) is 30.6 Å². The van der Waals surface area contributed by atoms with E-state index in [4.69, 9.17) is 5.73 Å². The van der Waals surface area contributed by atoms with Gasteiger partial charge in [-0.1, -0.05) is 25.3 Å². The molecule has 1 saturated heterocycles. The first-order valence-electron chi connectivity index (χ1n) is 11.8. The second-order valence-corrected chi connectivity index (χ2v) is 9.28. The van der Waals surface area contributed by atoms with Crippen molar-refractivity contribution in [1.29, 1.82) is 0 Å². The third-order valence-electron chi connectivity index (χ3n) is 7.19. The van der Waals surface area contributed by atoms with Gasteiger partial charge in [0.15, 0.2) is 0 Å². The fourth-order valence-electron chi connectivity index (χ4n) is 5.43. The Labute approximate surface area is 192 Å². The second kappa shape index (κ2) is 8.97. The van der Waals surface area contributed by atoms with Crippen LogP contribution in [0.4, 0.5) is 17.3 Å². The molecule has 3 heterocycles. The molecule has 33 heavy (non-hydrogen) atoms. The zero-order valence-corrected chi connectivity index (χ0v) is 18.7. The number of aliphatic hydroxyl groups excluding tert-OH is 1. The van der Waals surface area contributed by atoms with Crippen LogP contribution in [-0.2, 0) is 0 Å². The number of imidazole rings is 1. The maximum atomic E-state index is 11.9. The van der Waals surface area contributed by atoms with Crippen molar-refractivity contribution in [2.45, 2.75) is 51.0 Å². The lowest BCUT2D eigenvalue weighted by Crippen LogP contribution is -2.22. The first-order valence-corrected chi connectivity index (χ1v) is 11.8. The average molecular weight is 451 g/mol. The lowest BCUT2D eigenvalue weighted by Gasteiger charge is -2.23. The fraction of sp³-hybridized carbons (Fsp3) is 0.500. The minimum atomic E-state index is -0.454. The highest BCUT2D eigenvalue weighted by Gasteiger charge is 2.28. The van der Waals surface area contributed by atoms with E-state index in [-0.39, 0.29) is 18.1 Å². The molecule has 3 N–H and O–H groups in total. The standard InChI is InChI=1S/C24H30N6O3/c25-24-23(30(32)33)19(13-22(27-24)28-10-8-16(14-28)9-11-31)17-6-7-21-20(12-17)26-15-29(21)18-4-2-1-3-5-18/h6-7,12-13,15-16,18,31H,1-5,8-11,14H2,(H2,25,27). The highest BCUT2D eigenvalue weighted by atomic mass is 16.6. The number of aromatic nitrogens is 3. The molecule has 0 amide bonds. The number of aliphatic hydroxyl groups is 1. The molecule has 0 radical (unpaired) electrons. The van der Waals surface area contributed by atoms with E-state index in [1.807, 2.05) is 24.5 Å². The molecule has 174 valence electrons. The van der Waals surface area contributed by atoms with Gasteiger partial charge in [-0.25, -0.2) is 9.97 Å². The van der Waals surface area contributed by atoms with Crippen LogP contribution in [0.3, 0.4) is 0 Å². The number of hydrogen-bond donors (Lipinski definition) is 2. The minimum absolute atomic E-state index is 0.0778. The molecule has 2 aliphatic rings. The number of pyridine rings is 1. The molecule has 2 fully saturated rings. The van der Waals surface area contributed by atoms with Crippen LogP contribution in [0, 0.1) is 16.0 Å². The topological polar surface area (TPSA) is 123 Å². The van der Waals surface area contributed by atoms with Crippen molar-refractivity contribution in [2.24, 2.45) is 5.92 Å². The molecule has 1 atom stereocenters. The summed E-state index contributed by atoms with van der Waals surface area (Å²) in [5, 5.41) is 21.1. The summed E-state index contributed by atoms with van der Waals surface area (Å²) in [5.41, 5.74) is 8.98. The summed E-state index contributed by atoms with van der Waals surface area (Å²) in [6.45, 7) is 1.71. The molecule has 1 aliphatic heterocycles. The molecule has 9 heteroatoms. The molecule has 2 aromatic heterocycles. The van der Waals surface area contributed by atoms with Gasteiger partial charge in [-0.15, -0.1) is 0 Å². The molecule has 3 aromatic rings. The van der Waals surface area contributed by atoms with Crippen LogP contribution in [0.1, 0.15) is 51.0 Å². The number of nitrogens with two attached hydrogens (primary N) is 1. The monoisotopic (exact) mass is 450 g/mol. The maximum Gasteiger partial charge on any atom is 0.319 e. The van der Waals surface area contributed by atoms with Crippen molar-refractivity contribution in [1.82, 2.24) is 14.5 Å². The second-order valence-electron chi connectivity index (χ2n) is 9.28. The normalized spacial score (nSPS) is 19.4. The summed E-state index contributed by atoms with van der Waals surface area (Å²) >= 11 is 0. The van der Waals surface area contributed by atoms with Crippen LogP contribution < -0.4 is 10.6 Å². The zero-order valence-electron chi connectivity index (χ0n) is 18.7. The number of benzene rings is 1. The summed E-state index contributed by atoms with van der Waals surface area (Å²) < 4.78 is 2.25. The summed E-state index contributed by atoms with van der Waals surface area (Å²) in [5.74, 6) is 0.948. The van der Waals surface area contributed by atoms with Gasteiger partial charge >= 0.3 is 5.69 Å². The predicted molar refractivity (Wildman–Crippen MR) is 128 cm³/mol. The molecule has 1 aliphatic carbocycles. The quantitative estimate of drug-likeness (QED) is 0.424. The average Bonchev–Trinajstić information content (AvgIpc) is 3.46. The van der Waals surface area contributed by atoms with Crippen molar-refractivity contribution in [3.8, 4) is 11.1 Å². The van der Waals surface area contributed by atoms with Gasteiger partial charge in [0.2, 0.25) is 5.82 Å². The molecule has 0 spiro atoms. The van der Waals surface area contributed by atoms with Gasteiger partial charge in [-0.2, -0.15) is 0 Å². The van der Waals surface area contributed by atoms with Gasteiger partial charge in [0, 0.05) is 25.7 Å². The summed E-state index contributed by atoms with van der Waals surface area (Å²) in [6, 6.07) is 8.09. The first kappa shape index (κ1) is 21.6. The van der Waals surface area contributed by atoms with Gasteiger partial charge in [-0.05, 0) is 55.4 Å². The Hall–Kier alpha value is -3.20. The van der Waals surface area contributed by atoms with E-state index in [9.17, 15) is 15.2 Å². The minimum Gasteiger partial charge on any atom is -0.396 e. The van der Waals surface area contributed by atoms with Gasteiger partial charge in [-0.3, -0.25) is 10.1 Å². The number of nitrogens with zero attached hydrogens (tertiary/aromatic N) is 5. The van der Waals surface area contributed by atoms with Gasteiger partial charge < -0.3 is 20.3 Å². The Kier molecular flexibility index (Phi) is 5.88. The molecule has 0 bridgehead atoms. The van der Waals surface area contributed by atoms with Gasteiger partial charge in [0.1, 0.15) is 5.82 Å². The van der Waals surface area contributed by atoms with Gasteiger partial charge in [0.05, 0.1) is 27.8 Å². The lowest BCUT2D eigenvalue weighted by molar-refractivity contribution is -0.383. The predicted octanol–water partition coefficient (Wildman–Crippen LogP) is 4.30. The van der Waals surface area contributed by atoms with E-state index in [0.29, 0.717) is 28.9 Å². The number of nitro groups is 1. The third kappa shape index (κ3) is 4.13. The number of nitrogen functional groups attached to an aromatic ring is 1. The number of fused-ring (bicyclic) bond motifs is 1. The van der Waals surface area contributed by atoms with E-state index in [0.717, 1.165) is 49.8 Å². The molecular formula is C24H30N6O3. The summed E-state index contributed by atoms with van der Waals surface area (Å²) in [6.07, 6.45) is 9.70. The molecular weight excluding hydrogens is 420 g/mol. The number of anilines is 2. The van der Waals surface area contributed by atoms with Crippen molar-refractivity contribution < 1.29 is 10.0 Å². The smallest absolute Gasteiger partial charge is 0.319 e. The van der Waals surface area contributed by atoms with Crippen LogP contribution >= 0.6 is 0 Å². The molecule has 5 rings (SSSR count). The molecule has 9 nitrogen and oxygen atoms in total. The fourth-order valence-corrected chi connectivity index (χ4v) is 5.43. The first-order chi connectivity index (χ1) is 16.0. The van der Waals surface area contributed by atoms with E-state index < -0.39 is 4.92 Å². The van der Waals surface area contributed by atoms with Crippen LogP contribution in [0.25, 0.3) is 22.2 Å². The Morgan fingerprint density at radius 1 is 1.18 bits per heavy atom. The largest absolute Gasteiger partial charge is 0.396 e. The van der Waals surface area contributed by atoms with E-state index in [1.54, 1.807) is 6.07 Å². The van der Waals surface area contributed by atoms with Crippen LogP contribution in [0.2, 0.25) is 0 Å². The highest BCUT2D eigenvalue weighted by Crippen LogP contribution is 2.39. The highest BCUT2D eigenvalue weighted by molar-refractivity contribution is 5.88. The van der Waals surface area contributed by atoms with Crippen molar-refractivity contribution in [3.63, 3.8) is 0 Å². The summed E-state index contributed by atoms with van der Waals surface area (Å²) in [4.78, 5) is 22.5. The Morgan fingerprint density at radius 3 is 2.76 bits per heavy atom. The van der Waals surface area contributed by atoms with Crippen molar-refractivity contribution in [2.75, 3.05) is 30.3 Å². The van der Waals surface area contributed by atoms with Crippen molar-refractivity contribution in [3.05, 3.63) is 40.7 Å². The summed E-state index contributed by atoms with van der Waals surface area (Å²) in [7, 11) is 0. The van der Waals surface area contributed by atoms with E-state index >= 15 is 0 Å².